The van der Waals surface area contributed by atoms with Gasteiger partial charge in [0.05, 0.1) is 10.6 Å². The van der Waals surface area contributed by atoms with Crippen LogP contribution in [0.4, 0.5) is 5.69 Å². The molecule has 3 aromatic rings. The standard InChI is InChI=1S/C20H17N3O5/c1-13(15-11-10-14-6-2-3-7-16(14)20(15)25)21-22-19(24)12-28-18-9-5-4-8-17(18)23(26)27/h2-11,25H,12H2,1H3,(H,22,24)/b21-13+. The van der Waals surface area contributed by atoms with Crippen molar-refractivity contribution in [2.75, 3.05) is 6.61 Å². The molecule has 3 rings (SSSR count). The SMILES string of the molecule is C/C(=N\NC(=O)COc1ccccc1[N+](=O)[O-])c1ccc2ccccc2c1O. The average Bonchev–Trinajstić information content (AvgIpc) is 2.71. The number of hydrogen-bond donors (Lipinski definition) is 2. The number of nitrogens with zero attached hydrogens (tertiary/aromatic N) is 2. The number of carbonyl (C=O) groups is 1. The molecule has 8 heteroatoms. The summed E-state index contributed by atoms with van der Waals surface area (Å²) in [5.74, 6) is -0.516. The summed E-state index contributed by atoms with van der Waals surface area (Å²) < 4.78 is 5.21. The van der Waals surface area contributed by atoms with Crippen LogP contribution in [0, 0.1) is 10.1 Å². The van der Waals surface area contributed by atoms with Gasteiger partial charge in [-0.25, -0.2) is 5.43 Å². The first kappa shape index (κ1) is 18.8. The molecule has 8 nitrogen and oxygen atoms in total. The zero-order chi connectivity index (χ0) is 20.1. The van der Waals surface area contributed by atoms with Gasteiger partial charge in [-0.3, -0.25) is 14.9 Å². The van der Waals surface area contributed by atoms with Gasteiger partial charge in [0.1, 0.15) is 5.75 Å². The van der Waals surface area contributed by atoms with Gasteiger partial charge < -0.3 is 9.84 Å². The van der Waals surface area contributed by atoms with Crippen LogP contribution in [0.1, 0.15) is 12.5 Å². The highest BCUT2D eigenvalue weighted by Crippen LogP contribution is 2.29. The summed E-state index contributed by atoms with van der Waals surface area (Å²) in [6.45, 7) is 1.21. The summed E-state index contributed by atoms with van der Waals surface area (Å²) in [5, 5.41) is 26.9. The van der Waals surface area contributed by atoms with Gasteiger partial charge in [0.25, 0.3) is 5.91 Å². The fourth-order valence-electron chi connectivity index (χ4n) is 2.66. The van der Waals surface area contributed by atoms with Gasteiger partial charge in [-0.1, -0.05) is 42.5 Å². The third-order valence-electron chi connectivity index (χ3n) is 4.06. The van der Waals surface area contributed by atoms with Crippen LogP contribution in [0.2, 0.25) is 0 Å². The number of hydrogen-bond acceptors (Lipinski definition) is 6. The Morgan fingerprint density at radius 3 is 2.64 bits per heavy atom. The second-order valence-corrected chi connectivity index (χ2v) is 5.93. The predicted octanol–water partition coefficient (Wildman–Crippen LogP) is 3.37. The Morgan fingerprint density at radius 1 is 1.14 bits per heavy atom. The van der Waals surface area contributed by atoms with E-state index >= 15 is 0 Å². The molecular formula is C20H17N3O5. The van der Waals surface area contributed by atoms with Crippen LogP contribution in [0.3, 0.4) is 0 Å². The first-order valence-electron chi connectivity index (χ1n) is 8.38. The first-order chi connectivity index (χ1) is 13.5. The van der Waals surface area contributed by atoms with E-state index in [1.165, 1.54) is 18.2 Å². The van der Waals surface area contributed by atoms with Gasteiger partial charge >= 0.3 is 5.69 Å². The largest absolute Gasteiger partial charge is 0.507 e. The Bertz CT molecular complexity index is 1080. The van der Waals surface area contributed by atoms with E-state index in [1.807, 2.05) is 24.3 Å². The van der Waals surface area contributed by atoms with Crippen LogP contribution in [0.15, 0.2) is 65.8 Å². The van der Waals surface area contributed by atoms with E-state index in [4.69, 9.17) is 4.74 Å². The van der Waals surface area contributed by atoms with Gasteiger partial charge in [-0.15, -0.1) is 0 Å². The van der Waals surface area contributed by atoms with Crippen LogP contribution in [0.25, 0.3) is 10.8 Å². The van der Waals surface area contributed by atoms with E-state index in [1.54, 1.807) is 25.1 Å². The maximum atomic E-state index is 12.0. The normalized spacial score (nSPS) is 11.2. The summed E-state index contributed by atoms with van der Waals surface area (Å²) in [7, 11) is 0. The molecule has 0 aromatic heterocycles. The monoisotopic (exact) mass is 379 g/mol. The van der Waals surface area contributed by atoms with E-state index < -0.39 is 17.4 Å². The van der Waals surface area contributed by atoms with Gasteiger partial charge in [0.15, 0.2) is 12.4 Å². The van der Waals surface area contributed by atoms with Gasteiger partial charge in [0.2, 0.25) is 0 Å². The summed E-state index contributed by atoms with van der Waals surface area (Å²) in [6, 6.07) is 16.7. The number of aromatic hydroxyl groups is 1. The highest BCUT2D eigenvalue weighted by Gasteiger charge is 2.15. The number of nitrogens with one attached hydrogen (secondary N) is 1. The molecule has 0 aliphatic carbocycles. The Morgan fingerprint density at radius 2 is 1.86 bits per heavy atom. The zero-order valence-corrected chi connectivity index (χ0v) is 15.0. The Hall–Kier alpha value is -3.94. The number of benzene rings is 3. The lowest BCUT2D eigenvalue weighted by Gasteiger charge is -2.09. The van der Waals surface area contributed by atoms with E-state index in [2.05, 4.69) is 10.5 Å². The van der Waals surface area contributed by atoms with Crippen molar-refractivity contribution in [2.45, 2.75) is 6.92 Å². The Balaban J connectivity index is 1.68. The van der Waals surface area contributed by atoms with Crippen molar-refractivity contribution in [1.29, 1.82) is 0 Å². The quantitative estimate of drug-likeness (QED) is 0.387. The molecule has 0 atom stereocenters. The lowest BCUT2D eigenvalue weighted by atomic mass is 10.0. The molecule has 0 aliphatic heterocycles. The third kappa shape index (κ3) is 4.07. The molecule has 0 bridgehead atoms. The van der Waals surface area contributed by atoms with E-state index in [0.717, 1.165) is 5.39 Å². The minimum atomic E-state index is -0.585. The fourth-order valence-corrected chi connectivity index (χ4v) is 2.66. The average molecular weight is 379 g/mol. The number of nitro groups is 1. The molecule has 0 saturated heterocycles. The van der Waals surface area contributed by atoms with Gasteiger partial charge in [0, 0.05) is 17.0 Å². The van der Waals surface area contributed by atoms with Crippen molar-refractivity contribution in [3.63, 3.8) is 0 Å². The molecule has 0 spiro atoms. The summed E-state index contributed by atoms with van der Waals surface area (Å²) in [5.41, 5.74) is 2.98. The smallest absolute Gasteiger partial charge is 0.310 e. The van der Waals surface area contributed by atoms with Crippen LogP contribution in [-0.2, 0) is 4.79 Å². The van der Waals surface area contributed by atoms with Crippen molar-refractivity contribution in [3.8, 4) is 11.5 Å². The fraction of sp³-hybridized carbons (Fsp3) is 0.100. The number of fused-ring (bicyclic) bond motifs is 1. The van der Waals surface area contributed by atoms with Crippen LogP contribution < -0.4 is 10.2 Å². The van der Waals surface area contributed by atoms with Crippen molar-refractivity contribution in [2.24, 2.45) is 5.10 Å². The molecule has 142 valence electrons. The zero-order valence-electron chi connectivity index (χ0n) is 15.0. The number of ether oxygens (including phenoxy) is 1. The third-order valence-corrected chi connectivity index (χ3v) is 4.06. The molecule has 0 aliphatic rings. The minimum absolute atomic E-state index is 0.00414. The lowest BCUT2D eigenvalue weighted by Crippen LogP contribution is -2.25. The molecule has 1 amide bonds. The summed E-state index contributed by atoms with van der Waals surface area (Å²) in [6.07, 6.45) is 0. The predicted molar refractivity (Wildman–Crippen MR) is 105 cm³/mol. The summed E-state index contributed by atoms with van der Waals surface area (Å²) in [4.78, 5) is 22.3. The lowest BCUT2D eigenvalue weighted by molar-refractivity contribution is -0.385. The molecule has 0 fully saturated rings. The van der Waals surface area contributed by atoms with Crippen LogP contribution in [0.5, 0.6) is 11.5 Å². The first-order valence-corrected chi connectivity index (χ1v) is 8.38. The molecule has 3 aromatic carbocycles. The number of amides is 1. The second kappa shape index (κ2) is 8.17. The number of carbonyl (C=O) groups excluding carboxylic acids is 1. The minimum Gasteiger partial charge on any atom is -0.507 e. The molecule has 2 N–H and O–H groups in total. The molecule has 0 unspecified atom stereocenters. The number of hydrazone groups is 1. The highest BCUT2D eigenvalue weighted by molar-refractivity contribution is 6.06. The number of para-hydroxylation sites is 2. The second-order valence-electron chi connectivity index (χ2n) is 5.93. The van der Waals surface area contributed by atoms with Gasteiger partial charge in [-0.05, 0) is 24.4 Å². The highest BCUT2D eigenvalue weighted by atomic mass is 16.6. The molecular weight excluding hydrogens is 362 g/mol. The Labute approximate surface area is 160 Å². The topological polar surface area (TPSA) is 114 Å². The number of phenols is 1. The maximum absolute atomic E-state index is 12.0. The molecule has 0 heterocycles. The summed E-state index contributed by atoms with van der Waals surface area (Å²) >= 11 is 0. The van der Waals surface area contributed by atoms with E-state index in [9.17, 15) is 20.0 Å². The van der Waals surface area contributed by atoms with Crippen LogP contribution >= 0.6 is 0 Å². The number of rotatable bonds is 6. The van der Waals surface area contributed by atoms with Crippen molar-refractivity contribution in [3.05, 3.63) is 76.3 Å². The molecule has 28 heavy (non-hydrogen) atoms. The van der Waals surface area contributed by atoms with Crippen molar-refractivity contribution >= 4 is 28.1 Å². The molecule has 0 radical (unpaired) electrons. The Kier molecular flexibility index (Phi) is 5.50. The molecule has 0 saturated carbocycles. The van der Waals surface area contributed by atoms with Crippen LogP contribution in [-0.4, -0.2) is 28.3 Å². The van der Waals surface area contributed by atoms with Crippen molar-refractivity contribution in [1.82, 2.24) is 5.43 Å². The van der Waals surface area contributed by atoms with E-state index in [-0.39, 0.29) is 17.2 Å². The van der Waals surface area contributed by atoms with Crippen molar-refractivity contribution < 1.29 is 19.6 Å². The van der Waals surface area contributed by atoms with Gasteiger partial charge in [-0.2, -0.15) is 5.10 Å². The number of nitro benzene ring substituents is 1. The van der Waals surface area contributed by atoms with E-state index in [0.29, 0.717) is 16.7 Å². The number of phenolic OH excluding ortho intramolecular Hbond substituents is 1. The maximum Gasteiger partial charge on any atom is 0.310 e.